The lowest BCUT2D eigenvalue weighted by Crippen LogP contribution is -2.23. The van der Waals surface area contributed by atoms with E-state index >= 15 is 0 Å². The summed E-state index contributed by atoms with van der Waals surface area (Å²) in [5.74, 6) is 1.000. The first kappa shape index (κ1) is 20.1. The number of benzene rings is 1. The van der Waals surface area contributed by atoms with Crippen molar-refractivity contribution in [3.05, 3.63) is 60.4 Å². The summed E-state index contributed by atoms with van der Waals surface area (Å²) in [5.41, 5.74) is 1.35. The summed E-state index contributed by atoms with van der Waals surface area (Å²) in [4.78, 5) is 13.3. The van der Waals surface area contributed by atoms with Crippen molar-refractivity contribution in [2.24, 2.45) is 0 Å². The molecule has 2 aromatic heterocycles. The van der Waals surface area contributed by atoms with Crippen molar-refractivity contribution in [2.75, 3.05) is 10.6 Å². The van der Waals surface area contributed by atoms with E-state index in [1.54, 1.807) is 18.5 Å². The summed E-state index contributed by atoms with van der Waals surface area (Å²) in [6.45, 7) is 0. The van der Waals surface area contributed by atoms with Gasteiger partial charge in [0.25, 0.3) is 0 Å². The minimum atomic E-state index is -4.36. The molecule has 2 N–H and O–H groups in total. The molecule has 0 spiro atoms. The van der Waals surface area contributed by atoms with Crippen LogP contribution in [0.25, 0.3) is 11.3 Å². The van der Waals surface area contributed by atoms with Gasteiger partial charge >= 0.3 is 6.18 Å². The average Bonchev–Trinajstić information content (AvgIpc) is 2.75. The molecule has 0 saturated heterocycles. The number of anilines is 3. The predicted octanol–water partition coefficient (Wildman–Crippen LogP) is 6.05. The van der Waals surface area contributed by atoms with Gasteiger partial charge in [-0.2, -0.15) is 18.2 Å². The summed E-state index contributed by atoms with van der Waals surface area (Å²) >= 11 is 0. The van der Waals surface area contributed by atoms with E-state index < -0.39 is 11.7 Å². The van der Waals surface area contributed by atoms with Crippen molar-refractivity contribution in [1.29, 1.82) is 0 Å². The molecule has 0 bridgehead atoms. The van der Waals surface area contributed by atoms with Crippen molar-refractivity contribution in [1.82, 2.24) is 15.0 Å². The first-order valence-corrected chi connectivity index (χ1v) is 9.98. The van der Waals surface area contributed by atoms with Crippen LogP contribution in [0.15, 0.2) is 54.9 Å². The molecule has 4 rings (SSSR count). The number of hydrogen-bond donors (Lipinski definition) is 2. The Morgan fingerprint density at radius 1 is 0.933 bits per heavy atom. The van der Waals surface area contributed by atoms with Gasteiger partial charge < -0.3 is 10.6 Å². The minimum absolute atomic E-state index is 0.321. The molecule has 8 heteroatoms. The van der Waals surface area contributed by atoms with E-state index in [2.05, 4.69) is 25.6 Å². The van der Waals surface area contributed by atoms with Crippen LogP contribution in [-0.4, -0.2) is 21.0 Å². The molecular formula is C22H22F3N5. The fraction of sp³-hybridized carbons (Fsp3) is 0.318. The molecule has 0 aliphatic heterocycles. The predicted molar refractivity (Wildman–Crippen MR) is 110 cm³/mol. The van der Waals surface area contributed by atoms with Crippen molar-refractivity contribution in [2.45, 2.75) is 44.3 Å². The molecule has 0 amide bonds. The summed E-state index contributed by atoms with van der Waals surface area (Å²) in [7, 11) is 0. The van der Waals surface area contributed by atoms with Gasteiger partial charge in [-0.1, -0.05) is 19.3 Å². The Bertz CT molecular complexity index is 968. The Kier molecular flexibility index (Phi) is 5.83. The second-order valence-electron chi connectivity index (χ2n) is 7.38. The first-order valence-electron chi connectivity index (χ1n) is 9.98. The van der Waals surface area contributed by atoms with Crippen molar-refractivity contribution < 1.29 is 13.2 Å². The lowest BCUT2D eigenvalue weighted by atomic mass is 9.96. The molecule has 30 heavy (non-hydrogen) atoms. The first-order chi connectivity index (χ1) is 14.5. The van der Waals surface area contributed by atoms with Crippen LogP contribution in [-0.2, 0) is 6.18 Å². The third-order valence-electron chi connectivity index (χ3n) is 5.11. The van der Waals surface area contributed by atoms with Gasteiger partial charge in [-0.3, -0.25) is 4.98 Å². The number of hydrogen-bond acceptors (Lipinski definition) is 5. The van der Waals surface area contributed by atoms with Gasteiger partial charge in [-0.15, -0.1) is 0 Å². The van der Waals surface area contributed by atoms with Gasteiger partial charge in [0, 0.05) is 35.8 Å². The van der Waals surface area contributed by atoms with E-state index in [0.29, 0.717) is 29.2 Å². The number of rotatable bonds is 5. The van der Waals surface area contributed by atoms with E-state index in [1.807, 2.05) is 12.1 Å². The van der Waals surface area contributed by atoms with Crippen LogP contribution < -0.4 is 10.6 Å². The molecule has 1 aliphatic carbocycles. The van der Waals surface area contributed by atoms with Crippen LogP contribution in [0.5, 0.6) is 0 Å². The maximum Gasteiger partial charge on any atom is 0.416 e. The van der Waals surface area contributed by atoms with Crippen LogP contribution in [0.2, 0.25) is 0 Å². The largest absolute Gasteiger partial charge is 0.416 e. The monoisotopic (exact) mass is 413 g/mol. The normalized spacial score (nSPS) is 15.0. The lowest BCUT2D eigenvalue weighted by molar-refractivity contribution is -0.137. The Labute approximate surface area is 172 Å². The molecule has 2 heterocycles. The number of nitrogens with one attached hydrogen (secondary N) is 2. The number of nitrogens with zero attached hydrogens (tertiary/aromatic N) is 3. The van der Waals surface area contributed by atoms with Crippen molar-refractivity contribution >= 4 is 17.5 Å². The SMILES string of the molecule is FC(F)(F)c1ccc(Nc2cc(-c3cccnc3)nc(NC3CCCCC3)n2)cc1. The van der Waals surface area contributed by atoms with Gasteiger partial charge in [0.1, 0.15) is 5.82 Å². The van der Waals surface area contributed by atoms with E-state index in [1.165, 1.54) is 31.4 Å². The molecule has 3 aromatic rings. The Morgan fingerprint density at radius 2 is 1.70 bits per heavy atom. The minimum Gasteiger partial charge on any atom is -0.351 e. The van der Waals surface area contributed by atoms with Crippen LogP contribution in [0.3, 0.4) is 0 Å². The molecule has 0 unspecified atom stereocenters. The topological polar surface area (TPSA) is 62.7 Å². The van der Waals surface area contributed by atoms with Crippen LogP contribution in [0.4, 0.5) is 30.6 Å². The highest BCUT2D eigenvalue weighted by Crippen LogP contribution is 2.31. The Balaban J connectivity index is 1.61. The zero-order valence-electron chi connectivity index (χ0n) is 16.3. The molecule has 0 atom stereocenters. The molecule has 1 saturated carbocycles. The highest BCUT2D eigenvalue weighted by molar-refractivity contribution is 5.67. The highest BCUT2D eigenvalue weighted by atomic mass is 19.4. The molecule has 5 nitrogen and oxygen atoms in total. The van der Waals surface area contributed by atoms with Crippen LogP contribution in [0, 0.1) is 0 Å². The second-order valence-corrected chi connectivity index (χ2v) is 7.38. The Morgan fingerprint density at radius 3 is 2.37 bits per heavy atom. The maximum absolute atomic E-state index is 12.8. The molecule has 0 radical (unpaired) electrons. The van der Waals surface area contributed by atoms with Gasteiger partial charge in [-0.25, -0.2) is 4.98 Å². The van der Waals surface area contributed by atoms with Gasteiger partial charge in [0.15, 0.2) is 0 Å². The lowest BCUT2D eigenvalue weighted by Gasteiger charge is -2.23. The zero-order chi connectivity index (χ0) is 21.0. The van der Waals surface area contributed by atoms with Crippen LogP contribution >= 0.6 is 0 Å². The van der Waals surface area contributed by atoms with Crippen molar-refractivity contribution in [3.63, 3.8) is 0 Å². The molecule has 1 fully saturated rings. The summed E-state index contributed by atoms with van der Waals surface area (Å²) in [6.07, 6.45) is 4.78. The van der Waals surface area contributed by atoms with Gasteiger partial charge in [0.2, 0.25) is 5.95 Å². The Hall–Kier alpha value is -3.16. The van der Waals surface area contributed by atoms with Gasteiger partial charge in [-0.05, 0) is 49.2 Å². The fourth-order valence-corrected chi connectivity index (χ4v) is 3.56. The van der Waals surface area contributed by atoms with Crippen molar-refractivity contribution in [3.8, 4) is 11.3 Å². The quantitative estimate of drug-likeness (QED) is 0.533. The van der Waals surface area contributed by atoms with E-state index in [9.17, 15) is 13.2 Å². The third kappa shape index (κ3) is 5.06. The number of halogens is 3. The van der Waals surface area contributed by atoms with E-state index in [4.69, 9.17) is 0 Å². The third-order valence-corrected chi connectivity index (χ3v) is 5.11. The van der Waals surface area contributed by atoms with E-state index in [-0.39, 0.29) is 0 Å². The standard InChI is InChI=1S/C22H22F3N5/c23-22(24,25)16-8-10-18(11-9-16)27-20-13-19(15-5-4-12-26-14-15)29-21(30-20)28-17-6-2-1-3-7-17/h4-5,8-14,17H,1-3,6-7H2,(H2,27,28,29,30). The average molecular weight is 413 g/mol. The summed E-state index contributed by atoms with van der Waals surface area (Å²) < 4.78 is 38.4. The zero-order valence-corrected chi connectivity index (χ0v) is 16.3. The molecule has 1 aliphatic rings. The van der Waals surface area contributed by atoms with Crippen LogP contribution in [0.1, 0.15) is 37.7 Å². The second kappa shape index (κ2) is 8.69. The molecule has 1 aromatic carbocycles. The number of pyridine rings is 1. The summed E-state index contributed by atoms with van der Waals surface area (Å²) in [5, 5.41) is 6.51. The highest BCUT2D eigenvalue weighted by Gasteiger charge is 2.30. The fourth-order valence-electron chi connectivity index (χ4n) is 3.56. The van der Waals surface area contributed by atoms with E-state index in [0.717, 1.165) is 30.5 Å². The number of alkyl halides is 3. The maximum atomic E-state index is 12.8. The number of aromatic nitrogens is 3. The summed E-state index contributed by atoms with van der Waals surface area (Å²) in [6, 6.07) is 10.7. The smallest absolute Gasteiger partial charge is 0.351 e. The molecular weight excluding hydrogens is 391 g/mol. The van der Waals surface area contributed by atoms with Gasteiger partial charge in [0.05, 0.1) is 11.3 Å². The molecule has 156 valence electrons.